The summed E-state index contributed by atoms with van der Waals surface area (Å²) in [5.74, 6) is -7.17. The molecule has 0 radical (unpaired) electrons. The summed E-state index contributed by atoms with van der Waals surface area (Å²) in [7, 11) is 0. The third-order valence-corrected chi connectivity index (χ3v) is 4.91. The van der Waals surface area contributed by atoms with Gasteiger partial charge < -0.3 is 60.6 Å². The predicted octanol–water partition coefficient (Wildman–Crippen LogP) is -5.69. The van der Waals surface area contributed by atoms with Crippen LogP contribution in [0.3, 0.4) is 0 Å². The fraction of sp³-hybridized carbons (Fsp3) is 0.600. The average molecular weight is 560 g/mol. The van der Waals surface area contributed by atoms with Gasteiger partial charge in [0, 0.05) is 13.1 Å². The minimum atomic E-state index is -1.70. The number of hydrogen-bond acceptors (Lipinski definition) is 9. The lowest BCUT2D eigenvalue weighted by atomic mass is 10.1. The molecule has 0 rings (SSSR count). The van der Waals surface area contributed by atoms with E-state index in [-0.39, 0.29) is 50.7 Å². The molecule has 4 unspecified atom stereocenters. The summed E-state index contributed by atoms with van der Waals surface area (Å²) in [5.41, 5.74) is 31.5. The summed E-state index contributed by atoms with van der Waals surface area (Å²) in [5, 5.41) is 25.4. The normalized spacial score (nSPS) is 13.5. The predicted molar refractivity (Wildman–Crippen MR) is 137 cm³/mol. The molecular formula is C20H37N11O8. The molecular weight excluding hydrogens is 522 g/mol. The smallest absolute Gasteiger partial charge is 0.326 e. The molecule has 17 N–H and O–H groups in total. The van der Waals surface area contributed by atoms with Crippen LogP contribution in [0, 0.1) is 0 Å². The molecule has 0 saturated carbocycles. The molecule has 0 aliphatic heterocycles. The van der Waals surface area contributed by atoms with Crippen LogP contribution in [0.25, 0.3) is 0 Å². The molecule has 0 heterocycles. The molecule has 0 aromatic heterocycles. The second kappa shape index (κ2) is 17.7. The van der Waals surface area contributed by atoms with Crippen LogP contribution in [0.2, 0.25) is 0 Å². The molecule has 19 nitrogen and oxygen atoms in total. The summed E-state index contributed by atoms with van der Waals surface area (Å²) in [4.78, 5) is 79.5. The van der Waals surface area contributed by atoms with Crippen LogP contribution in [0.15, 0.2) is 9.98 Å². The van der Waals surface area contributed by atoms with Gasteiger partial charge in [0.2, 0.25) is 23.6 Å². The monoisotopic (exact) mass is 559 g/mol. The molecule has 0 aromatic rings. The molecule has 19 heteroatoms. The lowest BCUT2D eigenvalue weighted by Gasteiger charge is -2.24. The van der Waals surface area contributed by atoms with Crippen molar-refractivity contribution in [3.63, 3.8) is 0 Å². The first kappa shape index (κ1) is 34.3. The highest BCUT2D eigenvalue weighted by Crippen LogP contribution is 2.05. The number of carbonyl (C=O) groups excluding carboxylic acids is 4. The van der Waals surface area contributed by atoms with Crippen molar-refractivity contribution in [3.05, 3.63) is 0 Å². The number of hydrogen-bond donors (Lipinski definition) is 11. The Kier molecular flexibility index (Phi) is 15.6. The molecule has 0 aliphatic carbocycles. The average Bonchev–Trinajstić information content (AvgIpc) is 2.80. The molecule has 4 atom stereocenters. The fourth-order valence-electron chi connectivity index (χ4n) is 3.05. The van der Waals surface area contributed by atoms with Crippen LogP contribution in [0.5, 0.6) is 0 Å². The lowest BCUT2D eigenvalue weighted by molar-refractivity contribution is -0.143. The second-order valence-corrected chi connectivity index (χ2v) is 8.29. The number of nitrogens with two attached hydrogens (primary N) is 6. The largest absolute Gasteiger partial charge is 0.481 e. The van der Waals surface area contributed by atoms with Crippen LogP contribution in [-0.2, 0) is 28.8 Å². The molecule has 39 heavy (non-hydrogen) atoms. The van der Waals surface area contributed by atoms with E-state index >= 15 is 0 Å². The molecule has 0 aromatic carbocycles. The number of aliphatic imine (C=N–C) groups is 2. The molecule has 0 saturated heterocycles. The Balaban J connectivity index is 5.67. The van der Waals surface area contributed by atoms with Crippen molar-refractivity contribution in [3.8, 4) is 0 Å². The van der Waals surface area contributed by atoms with Crippen molar-refractivity contribution in [1.82, 2.24) is 16.0 Å². The molecule has 0 aliphatic rings. The second-order valence-electron chi connectivity index (χ2n) is 8.29. The molecule has 0 bridgehead atoms. The SMILES string of the molecule is NC(=O)CC(N)C(=O)NC(CC(=O)O)C(=O)NC(CCCN=C(N)N)C(=O)NC(CCCN=C(N)N)C(=O)O. The van der Waals surface area contributed by atoms with E-state index < -0.39 is 72.6 Å². The lowest BCUT2D eigenvalue weighted by Crippen LogP contribution is -2.57. The van der Waals surface area contributed by atoms with Crippen LogP contribution in [0.4, 0.5) is 0 Å². The standard InChI is InChI=1S/C20H37N11O8/c21-9(7-13(22)32)15(35)31-12(8-14(33)34)17(37)29-10(3-1-5-27-19(23)24)16(36)30-11(18(38)39)4-2-6-28-20(25)26/h9-12H,1-8,21H2,(H2,22,32)(H,29,37)(H,30,36)(H,31,35)(H,33,34)(H,38,39)(H4,23,24,27)(H4,25,26,28). The zero-order valence-corrected chi connectivity index (χ0v) is 21.2. The van der Waals surface area contributed by atoms with E-state index in [4.69, 9.17) is 34.4 Å². The van der Waals surface area contributed by atoms with Crippen LogP contribution >= 0.6 is 0 Å². The first-order valence-electron chi connectivity index (χ1n) is 11.6. The topological polar surface area (TPSA) is 360 Å². The number of rotatable bonds is 19. The fourth-order valence-corrected chi connectivity index (χ4v) is 3.05. The number of nitrogens with zero attached hydrogens (tertiary/aromatic N) is 2. The van der Waals surface area contributed by atoms with Gasteiger partial charge in [0.25, 0.3) is 0 Å². The van der Waals surface area contributed by atoms with E-state index in [0.717, 1.165) is 0 Å². The summed E-state index contributed by atoms with van der Waals surface area (Å²) < 4.78 is 0. The van der Waals surface area contributed by atoms with E-state index in [1.165, 1.54) is 0 Å². The number of carboxylic acids is 2. The van der Waals surface area contributed by atoms with Crippen molar-refractivity contribution in [2.24, 2.45) is 44.4 Å². The van der Waals surface area contributed by atoms with Gasteiger partial charge in [0.05, 0.1) is 18.9 Å². The summed E-state index contributed by atoms with van der Waals surface area (Å²) in [6, 6.07) is -5.90. The highest BCUT2D eigenvalue weighted by atomic mass is 16.4. The highest BCUT2D eigenvalue weighted by molar-refractivity contribution is 5.96. The minimum Gasteiger partial charge on any atom is -0.481 e. The number of carboxylic acid groups (broad SMARTS) is 2. The maximum atomic E-state index is 12.9. The number of guanidine groups is 2. The van der Waals surface area contributed by atoms with Crippen molar-refractivity contribution in [2.45, 2.75) is 62.7 Å². The number of aliphatic carboxylic acids is 2. The van der Waals surface area contributed by atoms with Crippen LogP contribution in [0.1, 0.15) is 38.5 Å². The number of primary amides is 1. The van der Waals surface area contributed by atoms with Crippen molar-refractivity contribution < 1.29 is 39.0 Å². The molecule has 0 fully saturated rings. The van der Waals surface area contributed by atoms with Crippen molar-refractivity contribution in [1.29, 1.82) is 0 Å². The van der Waals surface area contributed by atoms with Crippen LogP contribution in [-0.4, -0.2) is 95.0 Å². The first-order chi connectivity index (χ1) is 18.1. The van der Waals surface area contributed by atoms with Gasteiger partial charge in [-0.05, 0) is 25.7 Å². The van der Waals surface area contributed by atoms with E-state index in [9.17, 15) is 39.0 Å². The number of carbonyl (C=O) groups is 6. The van der Waals surface area contributed by atoms with Gasteiger partial charge >= 0.3 is 11.9 Å². The Morgan fingerprint density at radius 3 is 1.51 bits per heavy atom. The third kappa shape index (κ3) is 15.9. The molecule has 220 valence electrons. The Hall–Kier alpha value is -4.68. The number of amides is 4. The Labute approximate surface area is 223 Å². The highest BCUT2D eigenvalue weighted by Gasteiger charge is 2.31. The number of nitrogens with one attached hydrogen (secondary N) is 3. The first-order valence-corrected chi connectivity index (χ1v) is 11.6. The van der Waals surface area contributed by atoms with Gasteiger partial charge in [-0.1, -0.05) is 0 Å². The van der Waals surface area contributed by atoms with E-state index in [1.807, 2.05) is 0 Å². The maximum Gasteiger partial charge on any atom is 0.326 e. The Morgan fingerprint density at radius 2 is 1.08 bits per heavy atom. The van der Waals surface area contributed by atoms with Gasteiger partial charge in [-0.25, -0.2) is 4.79 Å². The van der Waals surface area contributed by atoms with Crippen LogP contribution < -0.4 is 50.4 Å². The quantitative estimate of drug-likeness (QED) is 0.0399. The zero-order chi connectivity index (χ0) is 30.1. The van der Waals surface area contributed by atoms with Gasteiger partial charge in [0.1, 0.15) is 18.1 Å². The van der Waals surface area contributed by atoms with Crippen molar-refractivity contribution >= 4 is 47.5 Å². The van der Waals surface area contributed by atoms with E-state index in [1.54, 1.807) is 0 Å². The Bertz CT molecular complexity index is 948. The van der Waals surface area contributed by atoms with E-state index in [2.05, 4.69) is 25.9 Å². The summed E-state index contributed by atoms with van der Waals surface area (Å²) >= 11 is 0. The summed E-state index contributed by atoms with van der Waals surface area (Å²) in [6.45, 7) is 0.162. The minimum absolute atomic E-state index is 0.0536. The molecule has 4 amide bonds. The molecule has 0 spiro atoms. The Morgan fingerprint density at radius 1 is 0.641 bits per heavy atom. The van der Waals surface area contributed by atoms with Gasteiger partial charge in [-0.15, -0.1) is 0 Å². The third-order valence-electron chi connectivity index (χ3n) is 4.91. The van der Waals surface area contributed by atoms with Gasteiger partial charge in [0.15, 0.2) is 11.9 Å². The maximum absolute atomic E-state index is 12.9. The van der Waals surface area contributed by atoms with Crippen molar-refractivity contribution in [2.75, 3.05) is 13.1 Å². The summed E-state index contributed by atoms with van der Waals surface area (Å²) in [6.07, 6.45) is -1.26. The van der Waals surface area contributed by atoms with Gasteiger partial charge in [-0.3, -0.25) is 34.0 Å². The van der Waals surface area contributed by atoms with E-state index in [0.29, 0.717) is 0 Å². The van der Waals surface area contributed by atoms with Gasteiger partial charge in [-0.2, -0.15) is 0 Å². The zero-order valence-electron chi connectivity index (χ0n) is 21.2.